The zero-order valence-electron chi connectivity index (χ0n) is 9.46. The molecular weight excluding hydrogens is 266 g/mol. The summed E-state index contributed by atoms with van der Waals surface area (Å²) in [6.07, 6.45) is 2.82. The first-order chi connectivity index (χ1) is 9.24. The first kappa shape index (κ1) is 11.4. The van der Waals surface area contributed by atoms with Gasteiger partial charge in [-0.25, -0.2) is 9.97 Å². The molecule has 0 fully saturated rings. The van der Waals surface area contributed by atoms with Crippen molar-refractivity contribution in [3.8, 4) is 11.9 Å². The molecule has 0 unspecified atom stereocenters. The van der Waals surface area contributed by atoms with Gasteiger partial charge < -0.3 is 4.98 Å². The van der Waals surface area contributed by atoms with E-state index in [-0.39, 0.29) is 27.3 Å². The Labute approximate surface area is 111 Å². The number of nitrogens with one attached hydrogen (secondary N) is 1. The Kier molecular flexibility index (Phi) is 2.54. The van der Waals surface area contributed by atoms with Gasteiger partial charge in [0, 0.05) is 6.20 Å². The maximum absolute atomic E-state index is 11.9. The molecule has 0 radical (unpaired) electrons. The SMILES string of the molecule is N#Cc1c(Cl)n(-c2ccccn2)c2c(=O)[nH]cnc12. The number of nitriles is 1. The van der Waals surface area contributed by atoms with E-state index in [1.165, 1.54) is 10.9 Å². The average molecular weight is 272 g/mol. The molecule has 0 aliphatic carbocycles. The van der Waals surface area contributed by atoms with Crippen molar-refractivity contribution < 1.29 is 0 Å². The van der Waals surface area contributed by atoms with Gasteiger partial charge in [0.05, 0.1) is 6.33 Å². The lowest BCUT2D eigenvalue weighted by Gasteiger charge is -2.03. The Morgan fingerprint density at radius 3 is 2.89 bits per heavy atom. The molecule has 7 heteroatoms. The maximum atomic E-state index is 11.9. The minimum absolute atomic E-state index is 0.125. The summed E-state index contributed by atoms with van der Waals surface area (Å²) in [5.74, 6) is 0.456. The van der Waals surface area contributed by atoms with Crippen LogP contribution in [0.1, 0.15) is 5.56 Å². The summed E-state index contributed by atoms with van der Waals surface area (Å²) in [7, 11) is 0. The molecule has 0 saturated heterocycles. The fraction of sp³-hybridized carbons (Fsp3) is 0. The second-order valence-corrected chi connectivity index (χ2v) is 4.09. The second-order valence-electron chi connectivity index (χ2n) is 3.73. The molecule has 3 heterocycles. The van der Waals surface area contributed by atoms with Gasteiger partial charge in [0.25, 0.3) is 5.56 Å². The zero-order chi connectivity index (χ0) is 13.4. The van der Waals surface area contributed by atoms with Gasteiger partial charge in [0.1, 0.15) is 33.6 Å². The maximum Gasteiger partial charge on any atom is 0.275 e. The smallest absolute Gasteiger partial charge is 0.275 e. The van der Waals surface area contributed by atoms with Gasteiger partial charge in [-0.3, -0.25) is 9.36 Å². The highest BCUT2D eigenvalue weighted by Crippen LogP contribution is 2.28. The lowest BCUT2D eigenvalue weighted by Crippen LogP contribution is -2.11. The van der Waals surface area contributed by atoms with Gasteiger partial charge in [0.15, 0.2) is 0 Å². The van der Waals surface area contributed by atoms with Crippen molar-refractivity contribution in [3.05, 3.63) is 51.8 Å². The lowest BCUT2D eigenvalue weighted by molar-refractivity contribution is 1.02. The van der Waals surface area contributed by atoms with Crippen LogP contribution in [-0.4, -0.2) is 19.5 Å². The molecule has 6 nitrogen and oxygen atoms in total. The number of H-pyrrole nitrogens is 1. The highest BCUT2D eigenvalue weighted by atomic mass is 35.5. The Bertz CT molecular complexity index is 859. The summed E-state index contributed by atoms with van der Waals surface area (Å²) in [4.78, 5) is 22.6. The van der Waals surface area contributed by atoms with Gasteiger partial charge in [-0.05, 0) is 12.1 Å². The van der Waals surface area contributed by atoms with Crippen molar-refractivity contribution in [1.82, 2.24) is 19.5 Å². The lowest BCUT2D eigenvalue weighted by atomic mass is 10.3. The van der Waals surface area contributed by atoms with E-state index in [1.807, 2.05) is 6.07 Å². The molecule has 0 bridgehead atoms. The van der Waals surface area contributed by atoms with Crippen molar-refractivity contribution >= 4 is 22.6 Å². The van der Waals surface area contributed by atoms with E-state index in [4.69, 9.17) is 16.9 Å². The van der Waals surface area contributed by atoms with Crippen LogP contribution in [0.4, 0.5) is 0 Å². The van der Waals surface area contributed by atoms with Crippen LogP contribution >= 0.6 is 11.6 Å². The zero-order valence-corrected chi connectivity index (χ0v) is 10.2. The number of nitrogens with zero attached hydrogens (tertiary/aromatic N) is 4. The highest BCUT2D eigenvalue weighted by molar-refractivity contribution is 6.32. The van der Waals surface area contributed by atoms with E-state index in [0.717, 1.165) is 0 Å². The summed E-state index contributed by atoms with van der Waals surface area (Å²) in [6.45, 7) is 0. The van der Waals surface area contributed by atoms with Crippen molar-refractivity contribution in [2.24, 2.45) is 0 Å². The van der Waals surface area contributed by atoms with Crippen LogP contribution in [-0.2, 0) is 0 Å². The first-order valence-corrected chi connectivity index (χ1v) is 5.71. The Morgan fingerprint density at radius 2 is 2.21 bits per heavy atom. The normalized spacial score (nSPS) is 10.5. The number of aromatic amines is 1. The number of pyridine rings is 1. The summed E-state index contributed by atoms with van der Waals surface area (Å²) >= 11 is 6.17. The minimum atomic E-state index is -0.376. The summed E-state index contributed by atoms with van der Waals surface area (Å²) in [6, 6.07) is 7.16. The van der Waals surface area contributed by atoms with Crippen LogP contribution < -0.4 is 5.56 Å². The van der Waals surface area contributed by atoms with Crippen LogP contribution in [0, 0.1) is 11.3 Å². The molecule has 0 aromatic carbocycles. The molecule has 3 aromatic heterocycles. The number of hydrogen-bond donors (Lipinski definition) is 1. The van der Waals surface area contributed by atoms with Gasteiger partial charge in [0.2, 0.25) is 0 Å². The van der Waals surface area contributed by atoms with E-state index < -0.39 is 0 Å². The van der Waals surface area contributed by atoms with Crippen molar-refractivity contribution in [2.45, 2.75) is 0 Å². The van der Waals surface area contributed by atoms with Gasteiger partial charge in [-0.1, -0.05) is 17.7 Å². The van der Waals surface area contributed by atoms with Crippen LogP contribution in [0.25, 0.3) is 16.9 Å². The van der Waals surface area contributed by atoms with Crippen molar-refractivity contribution in [3.63, 3.8) is 0 Å². The van der Waals surface area contributed by atoms with E-state index in [0.29, 0.717) is 5.82 Å². The fourth-order valence-electron chi connectivity index (χ4n) is 1.89. The molecule has 1 N–H and O–H groups in total. The molecule has 3 rings (SSSR count). The van der Waals surface area contributed by atoms with E-state index in [2.05, 4.69) is 15.0 Å². The molecule has 0 aliphatic rings. The minimum Gasteiger partial charge on any atom is -0.311 e. The largest absolute Gasteiger partial charge is 0.311 e. The Morgan fingerprint density at radius 1 is 1.37 bits per heavy atom. The molecule has 0 atom stereocenters. The highest BCUT2D eigenvalue weighted by Gasteiger charge is 2.20. The van der Waals surface area contributed by atoms with E-state index >= 15 is 0 Å². The number of hydrogen-bond acceptors (Lipinski definition) is 4. The van der Waals surface area contributed by atoms with Crippen molar-refractivity contribution in [2.75, 3.05) is 0 Å². The third kappa shape index (κ3) is 1.60. The molecular formula is C12H6ClN5O. The second kappa shape index (κ2) is 4.23. The topological polar surface area (TPSA) is 87.4 Å². The van der Waals surface area contributed by atoms with Crippen LogP contribution in [0.5, 0.6) is 0 Å². The number of halogens is 1. The van der Waals surface area contributed by atoms with Crippen LogP contribution in [0.3, 0.4) is 0 Å². The van der Waals surface area contributed by atoms with Crippen LogP contribution in [0.2, 0.25) is 5.15 Å². The van der Waals surface area contributed by atoms with Crippen LogP contribution in [0.15, 0.2) is 35.5 Å². The quantitative estimate of drug-likeness (QED) is 0.729. The molecule has 19 heavy (non-hydrogen) atoms. The molecule has 0 amide bonds. The third-order valence-electron chi connectivity index (χ3n) is 2.68. The molecule has 0 spiro atoms. The first-order valence-electron chi connectivity index (χ1n) is 5.33. The van der Waals surface area contributed by atoms with Crippen molar-refractivity contribution in [1.29, 1.82) is 5.26 Å². The summed E-state index contributed by atoms with van der Waals surface area (Å²) in [5.41, 5.74) is 0.261. The Balaban J connectivity index is 2.53. The van der Waals surface area contributed by atoms with Gasteiger partial charge in [-0.15, -0.1) is 0 Å². The summed E-state index contributed by atoms with van der Waals surface area (Å²) in [5, 5.41) is 9.27. The standard InChI is InChI=1S/C12H6ClN5O/c13-11-7(5-14)9-10(12(19)17-6-16-9)18(11)8-3-1-2-4-15-8/h1-4,6H,(H,16,17,19). The predicted octanol–water partition coefficient (Wildman–Crippen LogP) is 1.63. The third-order valence-corrected chi connectivity index (χ3v) is 3.04. The number of fused-ring (bicyclic) bond motifs is 1. The molecule has 92 valence electrons. The van der Waals surface area contributed by atoms with Gasteiger partial charge in [-0.2, -0.15) is 5.26 Å². The Hall–Kier alpha value is -2.65. The fourth-order valence-corrected chi connectivity index (χ4v) is 2.19. The monoisotopic (exact) mass is 271 g/mol. The van der Waals surface area contributed by atoms with E-state index in [9.17, 15) is 4.79 Å². The average Bonchev–Trinajstić information content (AvgIpc) is 2.73. The van der Waals surface area contributed by atoms with E-state index in [1.54, 1.807) is 24.4 Å². The predicted molar refractivity (Wildman–Crippen MR) is 69.2 cm³/mol. The molecule has 0 saturated carbocycles. The summed E-state index contributed by atoms with van der Waals surface area (Å²) < 4.78 is 1.42. The molecule has 3 aromatic rings. The van der Waals surface area contributed by atoms with Gasteiger partial charge >= 0.3 is 0 Å². The molecule has 0 aliphatic heterocycles. The number of rotatable bonds is 1. The number of aromatic nitrogens is 4.